The second-order valence-corrected chi connectivity index (χ2v) is 7.32. The molecule has 0 amide bonds. The van der Waals surface area contributed by atoms with E-state index in [2.05, 4.69) is 83.7 Å². The molecule has 4 rings (SSSR count). The van der Waals surface area contributed by atoms with Crippen LogP contribution in [0.4, 0.5) is 11.5 Å². The molecular formula is C21H19N3S. The Morgan fingerprint density at radius 3 is 2.48 bits per heavy atom. The average Bonchev–Trinajstić information content (AvgIpc) is 3.08. The summed E-state index contributed by atoms with van der Waals surface area (Å²) in [7, 11) is 0. The molecule has 2 heterocycles. The van der Waals surface area contributed by atoms with Crippen LogP contribution in [-0.2, 0) is 0 Å². The maximum Gasteiger partial charge on any atom is 0.142 e. The highest BCUT2D eigenvalue weighted by Crippen LogP contribution is 2.36. The van der Waals surface area contributed by atoms with Crippen molar-refractivity contribution in [2.75, 3.05) is 5.32 Å². The maximum absolute atomic E-state index is 4.49. The van der Waals surface area contributed by atoms with Crippen LogP contribution >= 0.6 is 11.3 Å². The number of benzene rings is 2. The lowest BCUT2D eigenvalue weighted by Crippen LogP contribution is -1.99. The van der Waals surface area contributed by atoms with Crippen molar-refractivity contribution in [1.82, 2.24) is 9.97 Å². The Labute approximate surface area is 151 Å². The van der Waals surface area contributed by atoms with E-state index in [9.17, 15) is 0 Å². The fourth-order valence-electron chi connectivity index (χ4n) is 2.94. The number of rotatable bonds is 4. The van der Waals surface area contributed by atoms with Gasteiger partial charge in [0.2, 0.25) is 0 Å². The highest BCUT2D eigenvalue weighted by molar-refractivity contribution is 7.21. The van der Waals surface area contributed by atoms with Crippen LogP contribution in [0.3, 0.4) is 0 Å². The number of thiophene rings is 1. The van der Waals surface area contributed by atoms with Crippen molar-refractivity contribution in [3.05, 3.63) is 72.6 Å². The average molecular weight is 345 g/mol. The van der Waals surface area contributed by atoms with Gasteiger partial charge < -0.3 is 5.32 Å². The fourth-order valence-corrected chi connectivity index (χ4v) is 3.95. The van der Waals surface area contributed by atoms with Gasteiger partial charge in [-0.15, -0.1) is 11.3 Å². The molecule has 0 unspecified atom stereocenters. The highest BCUT2D eigenvalue weighted by Gasteiger charge is 2.12. The summed E-state index contributed by atoms with van der Waals surface area (Å²) < 4.78 is 0. The van der Waals surface area contributed by atoms with Crippen LogP contribution < -0.4 is 5.32 Å². The minimum absolute atomic E-state index is 0.448. The van der Waals surface area contributed by atoms with Crippen LogP contribution in [0.1, 0.15) is 25.3 Å². The van der Waals surface area contributed by atoms with Crippen molar-refractivity contribution in [2.24, 2.45) is 0 Å². The van der Waals surface area contributed by atoms with E-state index in [0.29, 0.717) is 5.92 Å². The lowest BCUT2D eigenvalue weighted by molar-refractivity contribution is 0.869. The second kappa shape index (κ2) is 6.65. The summed E-state index contributed by atoms with van der Waals surface area (Å²) in [5, 5.41) is 4.58. The third-order valence-electron chi connectivity index (χ3n) is 4.22. The van der Waals surface area contributed by atoms with E-state index in [1.54, 1.807) is 17.7 Å². The van der Waals surface area contributed by atoms with Crippen LogP contribution in [-0.4, -0.2) is 9.97 Å². The van der Waals surface area contributed by atoms with E-state index in [0.717, 1.165) is 21.7 Å². The Kier molecular flexibility index (Phi) is 4.20. The largest absolute Gasteiger partial charge is 0.339 e. The van der Waals surface area contributed by atoms with E-state index in [4.69, 9.17) is 0 Å². The molecule has 4 aromatic rings. The molecule has 0 radical (unpaired) electrons. The number of hydrogen-bond acceptors (Lipinski definition) is 4. The lowest BCUT2D eigenvalue weighted by atomic mass is 10.0. The first-order valence-electron chi connectivity index (χ1n) is 8.38. The van der Waals surface area contributed by atoms with Gasteiger partial charge in [0, 0.05) is 10.6 Å². The zero-order valence-electron chi connectivity index (χ0n) is 14.2. The first-order valence-corrected chi connectivity index (χ1v) is 9.20. The molecule has 0 aliphatic rings. The van der Waals surface area contributed by atoms with Crippen molar-refractivity contribution >= 4 is 33.1 Å². The first kappa shape index (κ1) is 15.8. The van der Waals surface area contributed by atoms with E-state index < -0.39 is 0 Å². The van der Waals surface area contributed by atoms with Crippen molar-refractivity contribution < 1.29 is 0 Å². The van der Waals surface area contributed by atoms with E-state index in [-0.39, 0.29) is 0 Å². The summed E-state index contributed by atoms with van der Waals surface area (Å²) in [6.07, 6.45) is 1.63. The van der Waals surface area contributed by atoms with Crippen molar-refractivity contribution in [3.8, 4) is 10.4 Å². The summed E-state index contributed by atoms with van der Waals surface area (Å²) in [6, 6.07) is 21.0. The zero-order chi connectivity index (χ0) is 17.2. The lowest BCUT2D eigenvalue weighted by Gasteiger charge is -2.14. The van der Waals surface area contributed by atoms with Gasteiger partial charge in [-0.3, -0.25) is 0 Å². The van der Waals surface area contributed by atoms with Crippen LogP contribution in [0, 0.1) is 0 Å². The molecule has 0 atom stereocenters. The van der Waals surface area contributed by atoms with E-state index in [1.807, 2.05) is 6.07 Å². The second-order valence-electron chi connectivity index (χ2n) is 6.28. The van der Waals surface area contributed by atoms with Gasteiger partial charge in [0.1, 0.15) is 17.0 Å². The van der Waals surface area contributed by atoms with Gasteiger partial charge in [-0.25, -0.2) is 9.97 Å². The van der Waals surface area contributed by atoms with E-state index in [1.165, 1.54) is 16.0 Å². The normalized spacial score (nSPS) is 11.2. The third kappa shape index (κ3) is 3.13. The number of aromatic nitrogens is 2. The molecule has 0 spiro atoms. The molecule has 1 N–H and O–H groups in total. The van der Waals surface area contributed by atoms with Crippen LogP contribution in [0.25, 0.3) is 20.7 Å². The number of para-hydroxylation sites is 1. The Bertz CT molecular complexity index is 1010. The van der Waals surface area contributed by atoms with Gasteiger partial charge in [-0.2, -0.15) is 0 Å². The molecule has 0 saturated carbocycles. The quantitative estimate of drug-likeness (QED) is 0.477. The smallest absolute Gasteiger partial charge is 0.142 e. The Morgan fingerprint density at radius 2 is 1.68 bits per heavy atom. The minimum atomic E-state index is 0.448. The van der Waals surface area contributed by atoms with Gasteiger partial charge in [0.05, 0.1) is 5.39 Å². The van der Waals surface area contributed by atoms with Crippen molar-refractivity contribution in [3.63, 3.8) is 0 Å². The molecule has 2 aromatic carbocycles. The summed E-state index contributed by atoms with van der Waals surface area (Å²) in [4.78, 5) is 11.2. The van der Waals surface area contributed by atoms with Gasteiger partial charge in [-0.05, 0) is 29.2 Å². The summed E-state index contributed by atoms with van der Waals surface area (Å²) in [5.41, 5.74) is 3.59. The minimum Gasteiger partial charge on any atom is -0.339 e. The molecule has 2 aromatic heterocycles. The molecule has 124 valence electrons. The summed E-state index contributed by atoms with van der Waals surface area (Å²) in [6.45, 7) is 4.41. The van der Waals surface area contributed by atoms with Crippen LogP contribution in [0.15, 0.2) is 67.0 Å². The molecule has 0 aliphatic carbocycles. The standard InChI is InChI=1S/C21H19N3S/c1-14(2)16-10-6-7-11-18(16)24-20-17-12-19(15-8-4-3-5-9-15)25-21(17)23-13-22-20/h3-14H,1-2H3,(H,22,23,24). The van der Waals surface area contributed by atoms with Crippen LogP contribution in [0.2, 0.25) is 0 Å². The maximum atomic E-state index is 4.49. The van der Waals surface area contributed by atoms with E-state index >= 15 is 0 Å². The number of nitrogens with zero attached hydrogens (tertiary/aromatic N) is 2. The molecule has 0 saturated heterocycles. The summed E-state index contributed by atoms with van der Waals surface area (Å²) in [5.74, 6) is 1.31. The number of hydrogen-bond donors (Lipinski definition) is 1. The van der Waals surface area contributed by atoms with Gasteiger partial charge in [0.25, 0.3) is 0 Å². The van der Waals surface area contributed by atoms with Gasteiger partial charge in [-0.1, -0.05) is 62.4 Å². The number of nitrogens with one attached hydrogen (secondary N) is 1. The molecule has 0 fully saturated rings. The Morgan fingerprint density at radius 1 is 0.920 bits per heavy atom. The van der Waals surface area contributed by atoms with Gasteiger partial charge in [0.15, 0.2) is 0 Å². The van der Waals surface area contributed by atoms with Crippen molar-refractivity contribution in [2.45, 2.75) is 19.8 Å². The number of fused-ring (bicyclic) bond motifs is 1. The molecule has 4 heteroatoms. The molecular weight excluding hydrogens is 326 g/mol. The Hall–Kier alpha value is -2.72. The van der Waals surface area contributed by atoms with Crippen molar-refractivity contribution in [1.29, 1.82) is 0 Å². The zero-order valence-corrected chi connectivity index (χ0v) is 15.0. The predicted molar refractivity (Wildman–Crippen MR) is 107 cm³/mol. The molecule has 25 heavy (non-hydrogen) atoms. The Balaban J connectivity index is 1.77. The first-order chi connectivity index (χ1) is 12.2. The molecule has 3 nitrogen and oxygen atoms in total. The molecule has 0 bridgehead atoms. The monoisotopic (exact) mass is 345 g/mol. The molecule has 0 aliphatic heterocycles. The van der Waals surface area contributed by atoms with Crippen LogP contribution in [0.5, 0.6) is 0 Å². The van der Waals surface area contributed by atoms with Gasteiger partial charge >= 0.3 is 0 Å². The fraction of sp³-hybridized carbons (Fsp3) is 0.143. The highest BCUT2D eigenvalue weighted by atomic mass is 32.1. The number of anilines is 2. The predicted octanol–water partition coefficient (Wildman–Crippen LogP) is 6.23. The SMILES string of the molecule is CC(C)c1ccccc1Nc1ncnc2sc(-c3ccccc3)cc12. The third-order valence-corrected chi connectivity index (χ3v) is 5.32. The summed E-state index contributed by atoms with van der Waals surface area (Å²) >= 11 is 1.69. The topological polar surface area (TPSA) is 37.8 Å².